The molecule has 1 amide bonds. The van der Waals surface area contributed by atoms with Crippen LogP contribution in [0, 0.1) is 0 Å². The summed E-state index contributed by atoms with van der Waals surface area (Å²) in [5.41, 5.74) is 5.46. The van der Waals surface area contributed by atoms with Crippen LogP contribution >= 0.6 is 0 Å². The van der Waals surface area contributed by atoms with Crippen LogP contribution in [0.2, 0.25) is 0 Å². The first-order valence-electron chi connectivity index (χ1n) is 5.20. The van der Waals surface area contributed by atoms with E-state index in [1.54, 1.807) is 0 Å². The number of nitrogens with two attached hydrogens (primary N) is 1. The summed E-state index contributed by atoms with van der Waals surface area (Å²) in [6, 6.07) is -0.172. The molecule has 15 heavy (non-hydrogen) atoms. The lowest BCUT2D eigenvalue weighted by molar-refractivity contribution is -0.123. The Kier molecular flexibility index (Phi) is 6.90. The molecule has 0 aromatic rings. The first-order chi connectivity index (χ1) is 6.97. The number of carbonyl (C=O) groups excluding carboxylic acids is 2. The van der Waals surface area contributed by atoms with E-state index in [9.17, 15) is 9.59 Å². The van der Waals surface area contributed by atoms with E-state index in [1.165, 1.54) is 6.92 Å². The molecule has 0 aliphatic carbocycles. The van der Waals surface area contributed by atoms with Gasteiger partial charge in [-0.3, -0.25) is 9.59 Å². The summed E-state index contributed by atoms with van der Waals surface area (Å²) in [6.07, 6.45) is 0.366. The van der Waals surface area contributed by atoms with Crippen molar-refractivity contribution in [2.45, 2.75) is 39.3 Å². The van der Waals surface area contributed by atoms with E-state index in [2.05, 4.69) is 10.6 Å². The summed E-state index contributed by atoms with van der Waals surface area (Å²) >= 11 is 0. The van der Waals surface area contributed by atoms with E-state index in [1.807, 2.05) is 13.8 Å². The Morgan fingerprint density at radius 1 is 1.33 bits per heavy atom. The number of Topliss-reactive ketones (excluding diaryl/α,β-unsaturated/α-hetero) is 1. The minimum atomic E-state index is -0.378. The number of rotatable bonds is 7. The lowest BCUT2D eigenvalue weighted by atomic mass is 10.2. The minimum absolute atomic E-state index is 0.0661. The summed E-state index contributed by atoms with van der Waals surface area (Å²) in [7, 11) is 0. The van der Waals surface area contributed by atoms with Crippen LogP contribution in [0.3, 0.4) is 0 Å². The molecule has 0 saturated carbocycles. The molecule has 0 aromatic carbocycles. The molecule has 0 aliphatic rings. The quantitative estimate of drug-likeness (QED) is 0.530. The number of hydrogen-bond donors (Lipinski definition) is 3. The molecule has 0 fully saturated rings. The standard InChI is InChI=1S/C10H21N3O2/c1-7(2)13-9(6-11)10(15)12-5-4-8(3)14/h7,9,13H,4-6,11H2,1-3H3,(H,12,15). The maximum atomic E-state index is 11.5. The number of carbonyl (C=O) groups is 2. The van der Waals surface area contributed by atoms with Gasteiger partial charge in [0.05, 0.1) is 6.04 Å². The molecule has 0 saturated heterocycles. The highest BCUT2D eigenvalue weighted by molar-refractivity contribution is 5.83. The van der Waals surface area contributed by atoms with Crippen molar-refractivity contribution in [3.05, 3.63) is 0 Å². The maximum absolute atomic E-state index is 11.5. The smallest absolute Gasteiger partial charge is 0.238 e. The Hall–Kier alpha value is -0.940. The Bertz CT molecular complexity index is 217. The van der Waals surface area contributed by atoms with Gasteiger partial charge in [0.2, 0.25) is 5.91 Å². The van der Waals surface area contributed by atoms with Gasteiger partial charge in [-0.2, -0.15) is 0 Å². The SMILES string of the molecule is CC(=O)CCNC(=O)C(CN)NC(C)C. The fraction of sp³-hybridized carbons (Fsp3) is 0.800. The summed E-state index contributed by atoms with van der Waals surface area (Å²) in [5.74, 6) is -0.0798. The Morgan fingerprint density at radius 2 is 1.93 bits per heavy atom. The zero-order valence-corrected chi connectivity index (χ0v) is 9.67. The van der Waals surface area contributed by atoms with Crippen molar-refractivity contribution in [1.82, 2.24) is 10.6 Å². The van der Waals surface area contributed by atoms with Crippen LogP contribution in [-0.4, -0.2) is 36.9 Å². The van der Waals surface area contributed by atoms with Crippen LogP contribution in [0.5, 0.6) is 0 Å². The average Bonchev–Trinajstić information content (AvgIpc) is 2.13. The lowest BCUT2D eigenvalue weighted by Crippen LogP contribution is -2.51. The summed E-state index contributed by atoms with van der Waals surface area (Å²) in [4.78, 5) is 22.2. The third-order valence-electron chi connectivity index (χ3n) is 1.86. The van der Waals surface area contributed by atoms with Crippen LogP contribution in [-0.2, 0) is 9.59 Å². The van der Waals surface area contributed by atoms with Crippen molar-refractivity contribution in [3.63, 3.8) is 0 Å². The number of hydrogen-bond acceptors (Lipinski definition) is 4. The van der Waals surface area contributed by atoms with Crippen LogP contribution in [0.4, 0.5) is 0 Å². The van der Waals surface area contributed by atoms with Crippen molar-refractivity contribution in [2.75, 3.05) is 13.1 Å². The van der Waals surface area contributed by atoms with Gasteiger partial charge in [0, 0.05) is 25.6 Å². The zero-order valence-electron chi connectivity index (χ0n) is 9.67. The second kappa shape index (κ2) is 7.36. The van der Waals surface area contributed by atoms with Gasteiger partial charge >= 0.3 is 0 Å². The van der Waals surface area contributed by atoms with E-state index < -0.39 is 0 Å². The molecule has 5 heteroatoms. The molecule has 0 spiro atoms. The van der Waals surface area contributed by atoms with Crippen molar-refractivity contribution in [3.8, 4) is 0 Å². The predicted molar refractivity (Wildman–Crippen MR) is 59.4 cm³/mol. The zero-order chi connectivity index (χ0) is 11.8. The van der Waals surface area contributed by atoms with E-state index in [0.29, 0.717) is 13.0 Å². The molecule has 0 aromatic heterocycles. The number of amides is 1. The molecule has 88 valence electrons. The first kappa shape index (κ1) is 14.1. The largest absolute Gasteiger partial charge is 0.354 e. The third kappa shape index (κ3) is 7.04. The predicted octanol–water partition coefficient (Wildman–Crippen LogP) is -0.593. The highest BCUT2D eigenvalue weighted by Crippen LogP contribution is 1.87. The van der Waals surface area contributed by atoms with Gasteiger partial charge in [0.25, 0.3) is 0 Å². The van der Waals surface area contributed by atoms with Crippen molar-refractivity contribution in [2.24, 2.45) is 5.73 Å². The van der Waals surface area contributed by atoms with Gasteiger partial charge in [0.15, 0.2) is 0 Å². The molecular formula is C10H21N3O2. The third-order valence-corrected chi connectivity index (χ3v) is 1.86. The molecule has 0 aliphatic heterocycles. The van der Waals surface area contributed by atoms with Crippen LogP contribution < -0.4 is 16.4 Å². The molecule has 0 rings (SSSR count). The molecule has 1 atom stereocenters. The average molecular weight is 215 g/mol. The van der Waals surface area contributed by atoms with Gasteiger partial charge in [-0.25, -0.2) is 0 Å². The number of ketones is 1. The highest BCUT2D eigenvalue weighted by Gasteiger charge is 2.16. The van der Waals surface area contributed by atoms with E-state index in [4.69, 9.17) is 5.73 Å². The van der Waals surface area contributed by atoms with Gasteiger partial charge in [-0.05, 0) is 6.92 Å². The lowest BCUT2D eigenvalue weighted by Gasteiger charge is -2.18. The van der Waals surface area contributed by atoms with E-state index in [0.717, 1.165) is 0 Å². The molecule has 0 bridgehead atoms. The van der Waals surface area contributed by atoms with Gasteiger partial charge < -0.3 is 16.4 Å². The maximum Gasteiger partial charge on any atom is 0.238 e. The van der Waals surface area contributed by atoms with E-state index in [-0.39, 0.29) is 30.3 Å². The summed E-state index contributed by atoms with van der Waals surface area (Å²) < 4.78 is 0. The molecule has 0 radical (unpaired) electrons. The Morgan fingerprint density at radius 3 is 2.33 bits per heavy atom. The second-order valence-corrected chi connectivity index (χ2v) is 3.85. The topological polar surface area (TPSA) is 84.2 Å². The molecule has 1 unspecified atom stereocenters. The number of nitrogens with one attached hydrogen (secondary N) is 2. The van der Waals surface area contributed by atoms with Gasteiger partial charge in [0.1, 0.15) is 5.78 Å². The second-order valence-electron chi connectivity index (χ2n) is 3.85. The normalized spacial score (nSPS) is 12.6. The van der Waals surface area contributed by atoms with Crippen LogP contribution in [0.15, 0.2) is 0 Å². The van der Waals surface area contributed by atoms with Gasteiger partial charge in [-0.15, -0.1) is 0 Å². The van der Waals surface area contributed by atoms with Crippen LogP contribution in [0.25, 0.3) is 0 Å². The van der Waals surface area contributed by atoms with Crippen LogP contribution in [0.1, 0.15) is 27.2 Å². The molecule has 5 nitrogen and oxygen atoms in total. The minimum Gasteiger partial charge on any atom is -0.354 e. The van der Waals surface area contributed by atoms with Gasteiger partial charge in [-0.1, -0.05) is 13.8 Å². The van der Waals surface area contributed by atoms with Crippen molar-refractivity contribution < 1.29 is 9.59 Å². The fourth-order valence-corrected chi connectivity index (χ4v) is 1.14. The molecular weight excluding hydrogens is 194 g/mol. The summed E-state index contributed by atoms with van der Waals surface area (Å²) in [6.45, 7) is 6.03. The fourth-order valence-electron chi connectivity index (χ4n) is 1.14. The van der Waals surface area contributed by atoms with Crippen molar-refractivity contribution in [1.29, 1.82) is 0 Å². The monoisotopic (exact) mass is 215 g/mol. The van der Waals surface area contributed by atoms with Crippen molar-refractivity contribution >= 4 is 11.7 Å². The van der Waals surface area contributed by atoms with E-state index >= 15 is 0 Å². The highest BCUT2D eigenvalue weighted by atomic mass is 16.2. The summed E-state index contributed by atoms with van der Waals surface area (Å²) in [5, 5.41) is 5.71. The Labute approximate surface area is 90.8 Å². The first-order valence-corrected chi connectivity index (χ1v) is 5.20. The molecule has 4 N–H and O–H groups in total. The molecule has 0 heterocycles. The Balaban J connectivity index is 3.88.